The van der Waals surface area contributed by atoms with Gasteiger partial charge < -0.3 is 10.0 Å². The van der Waals surface area contributed by atoms with Crippen molar-refractivity contribution in [2.45, 2.75) is 38.5 Å². The number of carboxylic acid groups (broad SMARTS) is 1. The first-order valence-electron chi connectivity index (χ1n) is 9.40. The van der Waals surface area contributed by atoms with Gasteiger partial charge in [-0.3, -0.25) is 4.40 Å². The first-order chi connectivity index (χ1) is 12.7. The molecule has 3 heterocycles. The van der Waals surface area contributed by atoms with E-state index in [2.05, 4.69) is 9.88 Å². The van der Waals surface area contributed by atoms with Crippen LogP contribution in [0.4, 0.5) is 5.82 Å². The number of carboxylic acids is 1. The van der Waals surface area contributed by atoms with E-state index in [9.17, 15) is 9.90 Å². The quantitative estimate of drug-likeness (QED) is 0.762. The van der Waals surface area contributed by atoms with Gasteiger partial charge in [-0.2, -0.15) is 0 Å². The second-order valence-electron chi connectivity index (χ2n) is 7.76. The number of aromatic carboxylic acids is 1. The molecule has 134 valence electrons. The van der Waals surface area contributed by atoms with Crippen LogP contribution in [0.3, 0.4) is 0 Å². The lowest BCUT2D eigenvalue weighted by atomic mass is 9.77. The van der Waals surface area contributed by atoms with E-state index in [0.717, 1.165) is 30.1 Å². The standard InChI is InChI=1S/C20H22N4O2/c25-19(26)14-3-4-16-15(13-14)22-18(17-21-9-12-24(16)17)23-10-7-20(8-11-23)5-1-2-6-20/h3-4,9,12-13H,1-2,5-8,10-11H2,(H,25,26). The van der Waals surface area contributed by atoms with Gasteiger partial charge >= 0.3 is 5.97 Å². The maximum atomic E-state index is 11.3. The second kappa shape index (κ2) is 5.69. The van der Waals surface area contributed by atoms with Crippen molar-refractivity contribution in [1.82, 2.24) is 14.4 Å². The number of hydrogen-bond donors (Lipinski definition) is 1. The Bertz CT molecular complexity index is 994. The first kappa shape index (κ1) is 15.6. The number of fused-ring (bicyclic) bond motifs is 3. The topological polar surface area (TPSA) is 70.7 Å². The largest absolute Gasteiger partial charge is 0.478 e. The Kier molecular flexibility index (Phi) is 3.42. The van der Waals surface area contributed by atoms with Crippen LogP contribution in [-0.2, 0) is 0 Å². The third kappa shape index (κ3) is 2.35. The van der Waals surface area contributed by atoms with Crippen molar-refractivity contribution in [3.63, 3.8) is 0 Å². The Morgan fingerprint density at radius 3 is 2.62 bits per heavy atom. The summed E-state index contributed by atoms with van der Waals surface area (Å²) in [6, 6.07) is 5.09. The predicted octanol–water partition coefficient (Wildman–Crippen LogP) is 3.74. The van der Waals surface area contributed by atoms with Crippen molar-refractivity contribution >= 4 is 28.5 Å². The number of aromatic nitrogens is 3. The molecule has 2 fully saturated rings. The van der Waals surface area contributed by atoms with Crippen molar-refractivity contribution in [3.8, 4) is 0 Å². The number of anilines is 1. The number of imidazole rings is 1. The molecule has 0 atom stereocenters. The van der Waals surface area contributed by atoms with Gasteiger partial charge in [0.05, 0.1) is 16.6 Å². The van der Waals surface area contributed by atoms with Crippen LogP contribution in [0, 0.1) is 5.41 Å². The van der Waals surface area contributed by atoms with E-state index in [1.54, 1.807) is 18.3 Å². The highest BCUT2D eigenvalue weighted by Gasteiger charge is 2.37. The third-order valence-electron chi connectivity index (χ3n) is 6.34. The second-order valence-corrected chi connectivity index (χ2v) is 7.76. The van der Waals surface area contributed by atoms with Crippen LogP contribution < -0.4 is 4.90 Å². The number of piperidine rings is 1. The SMILES string of the molecule is O=C(O)c1ccc2c(c1)nc(N1CCC3(CCCC3)CC1)c1nccn12. The van der Waals surface area contributed by atoms with Crippen molar-refractivity contribution in [3.05, 3.63) is 36.2 Å². The van der Waals surface area contributed by atoms with E-state index < -0.39 is 5.97 Å². The highest BCUT2D eigenvalue weighted by atomic mass is 16.4. The lowest BCUT2D eigenvalue weighted by Crippen LogP contribution is -2.39. The number of hydrogen-bond acceptors (Lipinski definition) is 4. The Morgan fingerprint density at radius 1 is 1.12 bits per heavy atom. The van der Waals surface area contributed by atoms with Gasteiger partial charge in [-0.05, 0) is 49.3 Å². The fraction of sp³-hybridized carbons (Fsp3) is 0.450. The van der Waals surface area contributed by atoms with E-state index in [4.69, 9.17) is 4.98 Å². The van der Waals surface area contributed by atoms with Crippen molar-refractivity contribution in [2.24, 2.45) is 5.41 Å². The van der Waals surface area contributed by atoms with Gasteiger partial charge in [0.2, 0.25) is 0 Å². The van der Waals surface area contributed by atoms with Crippen molar-refractivity contribution in [1.29, 1.82) is 0 Å². The molecule has 2 aromatic heterocycles. The van der Waals surface area contributed by atoms with Gasteiger partial charge in [0, 0.05) is 25.5 Å². The fourth-order valence-corrected chi connectivity index (χ4v) is 4.81. The van der Waals surface area contributed by atoms with Crippen LogP contribution in [0.15, 0.2) is 30.6 Å². The fourth-order valence-electron chi connectivity index (χ4n) is 4.81. The average molecular weight is 350 g/mol. The molecule has 6 nitrogen and oxygen atoms in total. The summed E-state index contributed by atoms with van der Waals surface area (Å²) < 4.78 is 2.02. The minimum Gasteiger partial charge on any atom is -0.478 e. The molecule has 1 N–H and O–H groups in total. The van der Waals surface area contributed by atoms with E-state index in [1.807, 2.05) is 16.7 Å². The smallest absolute Gasteiger partial charge is 0.335 e. The summed E-state index contributed by atoms with van der Waals surface area (Å²) in [5.41, 5.74) is 3.25. The Balaban J connectivity index is 1.57. The average Bonchev–Trinajstić information content (AvgIpc) is 3.31. The van der Waals surface area contributed by atoms with E-state index >= 15 is 0 Å². The van der Waals surface area contributed by atoms with E-state index in [1.165, 1.54) is 38.5 Å². The normalized spacial score (nSPS) is 19.6. The number of rotatable bonds is 2. The molecule has 1 aliphatic carbocycles. The molecule has 2 aliphatic rings. The van der Waals surface area contributed by atoms with Gasteiger partial charge in [-0.1, -0.05) is 12.8 Å². The van der Waals surface area contributed by atoms with Gasteiger partial charge in [-0.15, -0.1) is 0 Å². The predicted molar refractivity (Wildman–Crippen MR) is 99.8 cm³/mol. The minimum atomic E-state index is -0.929. The van der Waals surface area contributed by atoms with Gasteiger partial charge in [0.25, 0.3) is 0 Å². The molecule has 1 saturated heterocycles. The van der Waals surface area contributed by atoms with Gasteiger partial charge in [-0.25, -0.2) is 14.8 Å². The van der Waals surface area contributed by atoms with Crippen LogP contribution >= 0.6 is 0 Å². The summed E-state index contributed by atoms with van der Waals surface area (Å²) >= 11 is 0. The molecule has 0 radical (unpaired) electrons. The molecular formula is C20H22N4O2. The van der Waals surface area contributed by atoms with Crippen LogP contribution in [0.25, 0.3) is 16.7 Å². The number of benzene rings is 1. The van der Waals surface area contributed by atoms with E-state index in [0.29, 0.717) is 10.9 Å². The maximum Gasteiger partial charge on any atom is 0.335 e. The van der Waals surface area contributed by atoms with Crippen LogP contribution in [0.1, 0.15) is 48.9 Å². The highest BCUT2D eigenvalue weighted by Crippen LogP contribution is 2.46. The zero-order valence-electron chi connectivity index (χ0n) is 14.7. The first-order valence-corrected chi connectivity index (χ1v) is 9.40. The molecule has 5 rings (SSSR count). The molecule has 0 amide bonds. The molecule has 6 heteroatoms. The Morgan fingerprint density at radius 2 is 1.88 bits per heavy atom. The highest BCUT2D eigenvalue weighted by molar-refractivity contribution is 5.93. The zero-order chi connectivity index (χ0) is 17.7. The van der Waals surface area contributed by atoms with E-state index in [-0.39, 0.29) is 5.56 Å². The monoisotopic (exact) mass is 350 g/mol. The van der Waals surface area contributed by atoms with Crippen molar-refractivity contribution in [2.75, 3.05) is 18.0 Å². The van der Waals surface area contributed by atoms with Gasteiger partial charge in [0.15, 0.2) is 11.5 Å². The summed E-state index contributed by atoms with van der Waals surface area (Å²) in [6.45, 7) is 2.00. The summed E-state index contributed by atoms with van der Waals surface area (Å²) in [5.74, 6) is -0.0555. The molecule has 0 bridgehead atoms. The van der Waals surface area contributed by atoms with Gasteiger partial charge in [0.1, 0.15) is 0 Å². The Labute approximate surface area is 151 Å². The lowest BCUT2D eigenvalue weighted by Gasteiger charge is -2.40. The minimum absolute atomic E-state index is 0.263. The zero-order valence-corrected chi connectivity index (χ0v) is 14.7. The number of nitrogens with zero attached hydrogens (tertiary/aromatic N) is 4. The summed E-state index contributed by atoms with van der Waals surface area (Å²) in [6.07, 6.45) is 11.6. The lowest BCUT2D eigenvalue weighted by molar-refractivity contribution is 0.0697. The molecule has 3 aromatic rings. The molecule has 1 saturated carbocycles. The third-order valence-corrected chi connectivity index (χ3v) is 6.34. The number of carbonyl (C=O) groups is 1. The van der Waals surface area contributed by atoms with Crippen LogP contribution in [0.2, 0.25) is 0 Å². The molecule has 1 spiro atoms. The maximum absolute atomic E-state index is 11.3. The molecule has 1 aliphatic heterocycles. The molecule has 1 aromatic carbocycles. The van der Waals surface area contributed by atoms with Crippen LogP contribution in [-0.4, -0.2) is 38.5 Å². The molecular weight excluding hydrogens is 328 g/mol. The summed E-state index contributed by atoms with van der Waals surface area (Å²) in [4.78, 5) is 23.0. The summed E-state index contributed by atoms with van der Waals surface area (Å²) in [5, 5.41) is 9.30. The Hall–Kier alpha value is -2.63. The van der Waals surface area contributed by atoms with Crippen molar-refractivity contribution < 1.29 is 9.90 Å². The summed E-state index contributed by atoms with van der Waals surface area (Å²) in [7, 11) is 0. The molecule has 0 unspecified atom stereocenters. The molecule has 26 heavy (non-hydrogen) atoms. The van der Waals surface area contributed by atoms with Crippen LogP contribution in [0.5, 0.6) is 0 Å².